The molecule has 98 valence electrons. The van der Waals surface area contributed by atoms with Crippen molar-refractivity contribution in [2.45, 2.75) is 32.2 Å². The van der Waals surface area contributed by atoms with Gasteiger partial charge >= 0.3 is 0 Å². The lowest BCUT2D eigenvalue weighted by atomic mass is 10.0. The Balaban J connectivity index is 2.02. The van der Waals surface area contributed by atoms with Gasteiger partial charge in [0.25, 0.3) is 0 Å². The molecule has 1 N–H and O–H groups in total. The van der Waals surface area contributed by atoms with E-state index in [1.54, 1.807) is 18.7 Å². The minimum atomic E-state index is -0.856. The highest BCUT2D eigenvalue weighted by molar-refractivity contribution is 5.92. The number of hydrogen-bond acceptors (Lipinski definition) is 5. The van der Waals surface area contributed by atoms with E-state index in [0.29, 0.717) is 31.8 Å². The molecule has 7 heteroatoms. The number of carbonyl (C=O) groups excluding carboxylic acids is 2. The lowest BCUT2D eigenvalue weighted by Crippen LogP contribution is -2.53. The van der Waals surface area contributed by atoms with Crippen LogP contribution in [0.25, 0.3) is 0 Å². The van der Waals surface area contributed by atoms with Gasteiger partial charge in [-0.3, -0.25) is 9.59 Å². The number of rotatable bonds is 3. The first-order valence-corrected chi connectivity index (χ1v) is 5.85. The highest BCUT2D eigenvalue weighted by Crippen LogP contribution is 2.13. The molecule has 0 aliphatic carbocycles. The predicted octanol–water partition coefficient (Wildman–Crippen LogP) is -0.261. The highest BCUT2D eigenvalue weighted by Gasteiger charge is 2.36. The average molecular weight is 252 g/mol. The SMILES string of the molecule is CC1(C)NC(=O)CCN(CCc2ncon2)C1=O. The summed E-state index contributed by atoms with van der Waals surface area (Å²) in [5.41, 5.74) is -0.856. The van der Waals surface area contributed by atoms with Gasteiger partial charge in [-0.2, -0.15) is 4.98 Å². The zero-order valence-electron chi connectivity index (χ0n) is 10.5. The van der Waals surface area contributed by atoms with E-state index in [4.69, 9.17) is 0 Å². The Morgan fingerprint density at radius 1 is 1.50 bits per heavy atom. The standard InChI is InChI=1S/C11H16N4O3/c1-11(2)10(17)15(6-4-9(16)13-11)5-3-8-12-7-18-14-8/h7H,3-6H2,1-2H3,(H,13,16). The van der Waals surface area contributed by atoms with Crippen molar-refractivity contribution < 1.29 is 14.1 Å². The molecular formula is C11H16N4O3. The number of nitrogens with one attached hydrogen (secondary N) is 1. The molecule has 0 saturated carbocycles. The van der Waals surface area contributed by atoms with Crippen molar-refractivity contribution >= 4 is 11.8 Å². The summed E-state index contributed by atoms with van der Waals surface area (Å²) in [7, 11) is 0. The molecule has 0 radical (unpaired) electrons. The van der Waals surface area contributed by atoms with E-state index in [1.165, 1.54) is 6.39 Å². The zero-order valence-corrected chi connectivity index (χ0v) is 10.5. The van der Waals surface area contributed by atoms with Gasteiger partial charge in [0.15, 0.2) is 5.82 Å². The summed E-state index contributed by atoms with van der Waals surface area (Å²) in [5.74, 6) is 0.372. The van der Waals surface area contributed by atoms with Crippen LogP contribution in [0.1, 0.15) is 26.1 Å². The van der Waals surface area contributed by atoms with Crippen LogP contribution in [-0.4, -0.2) is 45.5 Å². The van der Waals surface area contributed by atoms with Crippen molar-refractivity contribution in [2.24, 2.45) is 0 Å². The molecule has 0 aromatic carbocycles. The van der Waals surface area contributed by atoms with Gasteiger partial charge in [-0.25, -0.2) is 0 Å². The Hall–Kier alpha value is -1.92. The summed E-state index contributed by atoms with van der Waals surface area (Å²) >= 11 is 0. The smallest absolute Gasteiger partial charge is 0.247 e. The first-order chi connectivity index (χ1) is 8.49. The molecule has 2 rings (SSSR count). The third-order valence-electron chi connectivity index (χ3n) is 2.89. The third-order valence-corrected chi connectivity index (χ3v) is 2.89. The summed E-state index contributed by atoms with van der Waals surface area (Å²) in [6, 6.07) is 0. The summed E-state index contributed by atoms with van der Waals surface area (Å²) in [6.45, 7) is 4.32. The fraction of sp³-hybridized carbons (Fsp3) is 0.636. The molecule has 1 aromatic heterocycles. The van der Waals surface area contributed by atoms with Crippen LogP contribution in [0.4, 0.5) is 0 Å². The second-order valence-corrected chi connectivity index (χ2v) is 4.81. The molecule has 1 fully saturated rings. The molecule has 1 aromatic rings. The van der Waals surface area contributed by atoms with Crippen molar-refractivity contribution in [1.29, 1.82) is 0 Å². The minimum Gasteiger partial charge on any atom is -0.343 e. The Morgan fingerprint density at radius 2 is 2.28 bits per heavy atom. The van der Waals surface area contributed by atoms with Crippen molar-refractivity contribution in [2.75, 3.05) is 13.1 Å². The van der Waals surface area contributed by atoms with E-state index in [1.807, 2.05) is 0 Å². The second kappa shape index (κ2) is 4.75. The number of amides is 2. The Morgan fingerprint density at radius 3 is 2.94 bits per heavy atom. The van der Waals surface area contributed by atoms with E-state index in [9.17, 15) is 9.59 Å². The van der Waals surface area contributed by atoms with Crippen LogP contribution >= 0.6 is 0 Å². The van der Waals surface area contributed by atoms with Crippen LogP contribution < -0.4 is 5.32 Å². The quantitative estimate of drug-likeness (QED) is 0.800. The molecule has 0 atom stereocenters. The van der Waals surface area contributed by atoms with E-state index >= 15 is 0 Å². The molecule has 2 amide bonds. The topological polar surface area (TPSA) is 88.3 Å². The summed E-state index contributed by atoms with van der Waals surface area (Å²) in [5, 5.41) is 6.40. The zero-order chi connectivity index (χ0) is 13.2. The highest BCUT2D eigenvalue weighted by atomic mass is 16.5. The van der Waals surface area contributed by atoms with E-state index in [2.05, 4.69) is 20.0 Å². The number of hydrogen-bond donors (Lipinski definition) is 1. The average Bonchev–Trinajstić information content (AvgIpc) is 2.77. The van der Waals surface area contributed by atoms with Gasteiger partial charge in [-0.05, 0) is 13.8 Å². The van der Waals surface area contributed by atoms with Gasteiger partial charge < -0.3 is 14.7 Å². The molecule has 2 heterocycles. The third kappa shape index (κ3) is 2.66. The van der Waals surface area contributed by atoms with E-state index in [0.717, 1.165) is 0 Å². The first-order valence-electron chi connectivity index (χ1n) is 5.85. The molecule has 1 saturated heterocycles. The van der Waals surface area contributed by atoms with Crippen LogP contribution in [0.3, 0.4) is 0 Å². The fourth-order valence-electron chi connectivity index (χ4n) is 1.95. The normalized spacial score (nSPS) is 19.6. The Kier molecular flexibility index (Phi) is 3.31. The van der Waals surface area contributed by atoms with Crippen LogP contribution in [0.5, 0.6) is 0 Å². The van der Waals surface area contributed by atoms with Crippen molar-refractivity contribution in [1.82, 2.24) is 20.4 Å². The molecule has 1 aliphatic heterocycles. The van der Waals surface area contributed by atoms with Gasteiger partial charge in [0, 0.05) is 25.9 Å². The number of nitrogens with zero attached hydrogens (tertiary/aromatic N) is 3. The summed E-state index contributed by atoms with van der Waals surface area (Å²) in [4.78, 5) is 29.3. The fourth-order valence-corrected chi connectivity index (χ4v) is 1.95. The predicted molar refractivity (Wildman–Crippen MR) is 61.4 cm³/mol. The minimum absolute atomic E-state index is 0.0863. The molecule has 0 bridgehead atoms. The lowest BCUT2D eigenvalue weighted by Gasteiger charge is -2.28. The van der Waals surface area contributed by atoms with Crippen LogP contribution in [0, 0.1) is 0 Å². The molecule has 1 aliphatic rings. The van der Waals surface area contributed by atoms with Crippen LogP contribution in [0.15, 0.2) is 10.9 Å². The maximum Gasteiger partial charge on any atom is 0.247 e. The monoisotopic (exact) mass is 252 g/mol. The summed E-state index contributed by atoms with van der Waals surface area (Å²) in [6.07, 6.45) is 2.10. The molecular weight excluding hydrogens is 236 g/mol. The molecule has 7 nitrogen and oxygen atoms in total. The van der Waals surface area contributed by atoms with Gasteiger partial charge in [0.1, 0.15) is 5.54 Å². The summed E-state index contributed by atoms with van der Waals surface area (Å²) < 4.78 is 4.63. The Bertz CT molecular complexity index is 441. The van der Waals surface area contributed by atoms with Crippen LogP contribution in [-0.2, 0) is 16.0 Å². The second-order valence-electron chi connectivity index (χ2n) is 4.81. The van der Waals surface area contributed by atoms with Crippen LogP contribution in [0.2, 0.25) is 0 Å². The van der Waals surface area contributed by atoms with E-state index < -0.39 is 5.54 Å². The first kappa shape index (κ1) is 12.5. The molecule has 0 unspecified atom stereocenters. The molecule has 0 spiro atoms. The lowest BCUT2D eigenvalue weighted by molar-refractivity contribution is -0.137. The number of aromatic nitrogens is 2. The molecule has 18 heavy (non-hydrogen) atoms. The van der Waals surface area contributed by atoms with Crippen molar-refractivity contribution in [3.8, 4) is 0 Å². The number of carbonyl (C=O) groups is 2. The Labute approximate surface area is 105 Å². The van der Waals surface area contributed by atoms with Gasteiger partial charge in [-0.15, -0.1) is 0 Å². The van der Waals surface area contributed by atoms with Crippen molar-refractivity contribution in [3.05, 3.63) is 12.2 Å². The van der Waals surface area contributed by atoms with E-state index in [-0.39, 0.29) is 11.8 Å². The maximum atomic E-state index is 12.2. The van der Waals surface area contributed by atoms with Crippen molar-refractivity contribution in [3.63, 3.8) is 0 Å². The van der Waals surface area contributed by atoms with Gasteiger partial charge in [0.05, 0.1) is 0 Å². The van der Waals surface area contributed by atoms with Gasteiger partial charge in [0.2, 0.25) is 18.2 Å². The maximum absolute atomic E-state index is 12.2. The largest absolute Gasteiger partial charge is 0.343 e. The van der Waals surface area contributed by atoms with Gasteiger partial charge in [-0.1, -0.05) is 5.16 Å².